The average Bonchev–Trinajstić information content (AvgIpc) is 3.24. The number of benzene rings is 1. The van der Waals surface area contributed by atoms with Crippen molar-refractivity contribution in [1.82, 2.24) is 19.9 Å². The first-order chi connectivity index (χ1) is 15.9. The highest BCUT2D eigenvalue weighted by Gasteiger charge is 2.27. The number of amides is 2. The number of thiazole rings is 1. The van der Waals surface area contributed by atoms with Gasteiger partial charge in [0.25, 0.3) is 5.56 Å². The molecular formula is C22H25ClN6O3S. The third-order valence-electron chi connectivity index (χ3n) is 5.59. The Balaban J connectivity index is 1.52. The Morgan fingerprint density at radius 2 is 2.15 bits per heavy atom. The van der Waals surface area contributed by atoms with Crippen LogP contribution in [0.5, 0.6) is 0 Å². The summed E-state index contributed by atoms with van der Waals surface area (Å²) in [5.74, 6) is -0.434. The van der Waals surface area contributed by atoms with Gasteiger partial charge in [-0.15, -0.1) is 0 Å². The molecule has 0 aliphatic carbocycles. The molecule has 4 rings (SSSR count). The molecule has 33 heavy (non-hydrogen) atoms. The molecule has 174 valence electrons. The van der Waals surface area contributed by atoms with Crippen molar-refractivity contribution >= 4 is 55.9 Å². The number of carbonyl (C=O) groups is 2. The molecule has 1 aromatic carbocycles. The first-order valence-corrected chi connectivity index (χ1v) is 12.0. The molecule has 11 heteroatoms. The number of nitrogens with one attached hydrogen (secondary N) is 2. The molecule has 0 bridgehead atoms. The second kappa shape index (κ2) is 9.88. The Morgan fingerprint density at radius 3 is 2.91 bits per heavy atom. The quantitative estimate of drug-likeness (QED) is 0.552. The van der Waals surface area contributed by atoms with Crippen molar-refractivity contribution in [2.75, 3.05) is 29.9 Å². The number of hydrogen-bond acceptors (Lipinski definition) is 7. The predicted octanol–water partition coefficient (Wildman–Crippen LogP) is 2.81. The fourth-order valence-corrected chi connectivity index (χ4v) is 5.16. The van der Waals surface area contributed by atoms with E-state index in [0.29, 0.717) is 39.3 Å². The lowest BCUT2D eigenvalue weighted by molar-refractivity contribution is -0.125. The number of para-hydroxylation sites is 1. The molecule has 1 saturated heterocycles. The number of rotatable bonds is 6. The smallest absolute Gasteiger partial charge is 0.273 e. The zero-order valence-electron chi connectivity index (χ0n) is 18.4. The van der Waals surface area contributed by atoms with E-state index < -0.39 is 0 Å². The molecule has 2 aromatic heterocycles. The van der Waals surface area contributed by atoms with E-state index in [1.165, 1.54) is 22.2 Å². The minimum Gasteiger partial charge on any atom is -0.356 e. The number of carbonyl (C=O) groups excluding carboxylic acids is 2. The first-order valence-electron chi connectivity index (χ1n) is 10.8. The predicted molar refractivity (Wildman–Crippen MR) is 130 cm³/mol. The largest absolute Gasteiger partial charge is 0.356 e. The fourth-order valence-electron chi connectivity index (χ4n) is 3.89. The van der Waals surface area contributed by atoms with Gasteiger partial charge >= 0.3 is 0 Å². The van der Waals surface area contributed by atoms with Gasteiger partial charge in [-0.3, -0.25) is 19.0 Å². The van der Waals surface area contributed by atoms with Gasteiger partial charge in [0.2, 0.25) is 11.8 Å². The summed E-state index contributed by atoms with van der Waals surface area (Å²) in [6.07, 6.45) is 3.04. The van der Waals surface area contributed by atoms with E-state index in [2.05, 4.69) is 20.6 Å². The van der Waals surface area contributed by atoms with Crippen molar-refractivity contribution in [2.45, 2.75) is 33.2 Å². The van der Waals surface area contributed by atoms with Gasteiger partial charge in [0.1, 0.15) is 17.6 Å². The van der Waals surface area contributed by atoms with Crippen molar-refractivity contribution in [3.05, 3.63) is 45.5 Å². The molecule has 1 atom stereocenters. The average molecular weight is 489 g/mol. The Morgan fingerprint density at radius 1 is 1.33 bits per heavy atom. The van der Waals surface area contributed by atoms with Crippen LogP contribution in [-0.2, 0) is 16.1 Å². The van der Waals surface area contributed by atoms with Crippen LogP contribution in [-0.4, -0.2) is 46.0 Å². The molecule has 2 N–H and O–H groups in total. The van der Waals surface area contributed by atoms with E-state index in [4.69, 9.17) is 11.6 Å². The van der Waals surface area contributed by atoms with Gasteiger partial charge in [-0.05, 0) is 38.3 Å². The number of anilines is 2. The van der Waals surface area contributed by atoms with Gasteiger partial charge in [0.15, 0.2) is 10.8 Å². The van der Waals surface area contributed by atoms with Gasteiger partial charge in [-0.25, -0.2) is 4.98 Å². The molecular weight excluding hydrogens is 464 g/mol. The third kappa shape index (κ3) is 5.01. The Labute approximate surface area is 199 Å². The lowest BCUT2D eigenvalue weighted by Crippen LogP contribution is -2.43. The molecule has 0 radical (unpaired) electrons. The maximum absolute atomic E-state index is 13.0. The van der Waals surface area contributed by atoms with E-state index in [9.17, 15) is 14.4 Å². The Bertz CT molecular complexity index is 1240. The second-order valence-corrected chi connectivity index (χ2v) is 9.37. The van der Waals surface area contributed by atoms with E-state index in [1.807, 2.05) is 24.8 Å². The van der Waals surface area contributed by atoms with Gasteiger partial charge in [-0.2, -0.15) is 4.98 Å². The summed E-state index contributed by atoms with van der Waals surface area (Å²) < 4.78 is 1.65. The van der Waals surface area contributed by atoms with Crippen LogP contribution in [0.4, 0.5) is 10.8 Å². The topological polar surface area (TPSA) is 109 Å². The standard InChI is InChI=1S/C22H25ClN6O3S/c1-3-24-20(31)14-7-5-9-28(10-14)22-27-19-18(33-22)21(32)29(12-25-19)11-16(30)26-17-13(2)6-4-8-15(17)23/h4,6,8,12,14H,3,5,7,9-11H2,1-2H3,(H,24,31)(H,26,30)/t14-/m0/s1. The molecule has 0 unspecified atom stereocenters. The summed E-state index contributed by atoms with van der Waals surface area (Å²) in [5.41, 5.74) is 1.38. The van der Waals surface area contributed by atoms with Crippen molar-refractivity contribution in [3.8, 4) is 0 Å². The van der Waals surface area contributed by atoms with Gasteiger partial charge < -0.3 is 15.5 Å². The molecule has 9 nitrogen and oxygen atoms in total. The monoisotopic (exact) mass is 488 g/mol. The highest BCUT2D eigenvalue weighted by atomic mass is 35.5. The summed E-state index contributed by atoms with van der Waals surface area (Å²) in [4.78, 5) is 48.7. The van der Waals surface area contributed by atoms with Crippen molar-refractivity contribution < 1.29 is 9.59 Å². The minimum absolute atomic E-state index is 0.0450. The van der Waals surface area contributed by atoms with Crippen LogP contribution in [0.25, 0.3) is 10.3 Å². The summed E-state index contributed by atoms with van der Waals surface area (Å²) in [5, 5.41) is 6.75. The van der Waals surface area contributed by atoms with Crippen molar-refractivity contribution in [2.24, 2.45) is 5.92 Å². The summed E-state index contributed by atoms with van der Waals surface area (Å²) in [6, 6.07) is 5.34. The molecule has 1 fully saturated rings. The number of fused-ring (bicyclic) bond motifs is 1. The van der Waals surface area contributed by atoms with Crippen molar-refractivity contribution in [1.29, 1.82) is 0 Å². The Kier molecular flexibility index (Phi) is 6.94. The zero-order chi connectivity index (χ0) is 23.5. The van der Waals surface area contributed by atoms with E-state index >= 15 is 0 Å². The fraction of sp³-hybridized carbons (Fsp3) is 0.409. The highest BCUT2D eigenvalue weighted by Crippen LogP contribution is 2.29. The molecule has 3 heterocycles. The zero-order valence-corrected chi connectivity index (χ0v) is 20.0. The summed E-state index contributed by atoms with van der Waals surface area (Å²) in [7, 11) is 0. The molecule has 1 aliphatic heterocycles. The van der Waals surface area contributed by atoms with Crippen LogP contribution in [0.15, 0.2) is 29.3 Å². The summed E-state index contributed by atoms with van der Waals surface area (Å²) in [6.45, 7) is 5.48. The van der Waals surface area contributed by atoms with Gasteiger partial charge in [0.05, 0.1) is 16.6 Å². The second-order valence-electron chi connectivity index (χ2n) is 7.99. The normalized spacial score (nSPS) is 16.1. The lowest BCUT2D eigenvalue weighted by atomic mass is 9.97. The number of aryl methyl sites for hydroxylation is 1. The summed E-state index contributed by atoms with van der Waals surface area (Å²) >= 11 is 7.42. The minimum atomic E-state index is -0.375. The van der Waals surface area contributed by atoms with E-state index in [-0.39, 0.29) is 29.8 Å². The number of aromatic nitrogens is 3. The maximum Gasteiger partial charge on any atom is 0.273 e. The SMILES string of the molecule is CCNC(=O)[C@H]1CCCN(c2nc3ncn(CC(=O)Nc4c(C)cccc4Cl)c(=O)c3s2)C1. The molecule has 1 aliphatic rings. The number of halogens is 1. The molecule has 0 saturated carbocycles. The number of piperidine rings is 1. The van der Waals surface area contributed by atoms with Crippen LogP contribution in [0.1, 0.15) is 25.3 Å². The lowest BCUT2D eigenvalue weighted by Gasteiger charge is -2.31. The maximum atomic E-state index is 13.0. The van der Waals surface area contributed by atoms with Crippen LogP contribution in [0.2, 0.25) is 5.02 Å². The molecule has 0 spiro atoms. The van der Waals surface area contributed by atoms with Crippen LogP contribution < -0.4 is 21.1 Å². The van der Waals surface area contributed by atoms with Gasteiger partial charge in [-0.1, -0.05) is 35.1 Å². The first kappa shape index (κ1) is 23.2. The van der Waals surface area contributed by atoms with E-state index in [0.717, 1.165) is 24.9 Å². The molecule has 2 amide bonds. The molecule has 3 aromatic rings. The van der Waals surface area contributed by atoms with Crippen molar-refractivity contribution in [3.63, 3.8) is 0 Å². The van der Waals surface area contributed by atoms with Gasteiger partial charge in [0, 0.05) is 19.6 Å². The van der Waals surface area contributed by atoms with Crippen LogP contribution in [0, 0.1) is 12.8 Å². The highest BCUT2D eigenvalue weighted by molar-refractivity contribution is 7.22. The third-order valence-corrected chi connectivity index (χ3v) is 6.99. The number of nitrogens with zero attached hydrogens (tertiary/aromatic N) is 4. The van der Waals surface area contributed by atoms with Crippen LogP contribution in [0.3, 0.4) is 0 Å². The van der Waals surface area contributed by atoms with Crippen LogP contribution >= 0.6 is 22.9 Å². The Hall–Kier alpha value is -2.98. The van der Waals surface area contributed by atoms with E-state index in [1.54, 1.807) is 12.1 Å². The number of hydrogen-bond donors (Lipinski definition) is 2.